The topological polar surface area (TPSA) is 97.6 Å². The molecule has 8 nitrogen and oxygen atoms in total. The van der Waals surface area contributed by atoms with Crippen molar-refractivity contribution in [3.8, 4) is 0 Å². The highest BCUT2D eigenvalue weighted by Gasteiger charge is 2.31. The number of carbonyl (C=O) groups excluding carboxylic acids is 2. The molecule has 1 saturated heterocycles. The molecule has 0 unspecified atom stereocenters. The number of rotatable bonds is 9. The molecule has 3 aromatic rings. The Hall–Kier alpha value is -2.91. The first-order valence-corrected chi connectivity index (χ1v) is 12.1. The molecule has 1 N–H and O–H groups in total. The Morgan fingerprint density at radius 3 is 2.70 bits per heavy atom. The minimum Gasteiger partial charge on any atom is -0.451 e. The van der Waals surface area contributed by atoms with Crippen LogP contribution in [-0.2, 0) is 15.3 Å². The molecule has 9 heteroatoms. The number of methoxy groups -OCH3 is 1. The van der Waals surface area contributed by atoms with E-state index < -0.39 is 0 Å². The number of nitrogens with one attached hydrogen (secondary N) is 1. The van der Waals surface area contributed by atoms with Crippen molar-refractivity contribution in [1.82, 2.24) is 20.2 Å². The van der Waals surface area contributed by atoms with Crippen molar-refractivity contribution in [2.24, 2.45) is 5.92 Å². The van der Waals surface area contributed by atoms with E-state index in [-0.39, 0.29) is 17.7 Å². The van der Waals surface area contributed by atoms with Gasteiger partial charge in [-0.15, -0.1) is 0 Å². The Morgan fingerprint density at radius 1 is 1.18 bits per heavy atom. The second-order valence-electron chi connectivity index (χ2n) is 7.93. The molecule has 0 atom stereocenters. The van der Waals surface area contributed by atoms with E-state index in [9.17, 15) is 9.59 Å². The fourth-order valence-electron chi connectivity index (χ4n) is 3.97. The van der Waals surface area contributed by atoms with Gasteiger partial charge in [-0.2, -0.15) is 0 Å². The molecular formula is C24H28N4O4S. The van der Waals surface area contributed by atoms with Crippen LogP contribution in [0, 0.1) is 5.92 Å². The fourth-order valence-corrected chi connectivity index (χ4v) is 4.80. The number of hydrogen-bond donors (Lipinski definition) is 1. The molecule has 4 rings (SSSR count). The van der Waals surface area contributed by atoms with Crippen molar-refractivity contribution in [1.29, 1.82) is 0 Å². The van der Waals surface area contributed by atoms with E-state index >= 15 is 0 Å². The Bertz CT molecular complexity index is 1080. The third kappa shape index (κ3) is 5.72. The van der Waals surface area contributed by atoms with Gasteiger partial charge in [-0.25, -0.2) is 9.97 Å². The number of amides is 2. The molecule has 0 radical (unpaired) electrons. The molecule has 1 fully saturated rings. The second-order valence-corrected chi connectivity index (χ2v) is 8.87. The van der Waals surface area contributed by atoms with E-state index in [1.807, 2.05) is 24.3 Å². The van der Waals surface area contributed by atoms with Gasteiger partial charge in [-0.05, 0) is 31.4 Å². The number of carbonyl (C=O) groups is 2. The van der Waals surface area contributed by atoms with Crippen LogP contribution in [0.5, 0.6) is 0 Å². The molecule has 33 heavy (non-hydrogen) atoms. The first-order valence-electron chi connectivity index (χ1n) is 11.1. The van der Waals surface area contributed by atoms with Gasteiger partial charge in [-0.1, -0.05) is 30.0 Å². The van der Waals surface area contributed by atoms with Crippen LogP contribution in [0.2, 0.25) is 0 Å². The predicted octanol–water partition coefficient (Wildman–Crippen LogP) is 3.52. The fraction of sp³-hybridized carbons (Fsp3) is 0.417. The van der Waals surface area contributed by atoms with Crippen LogP contribution in [0.4, 0.5) is 0 Å². The zero-order valence-electron chi connectivity index (χ0n) is 18.7. The SMILES string of the molecule is COCCCNC(=O)C1CCN(C(=O)c2oc3ccccc3c2CSc2ncccn2)CC1. The van der Waals surface area contributed by atoms with Crippen molar-refractivity contribution in [3.63, 3.8) is 0 Å². The Labute approximate surface area is 197 Å². The zero-order chi connectivity index (χ0) is 23.0. The summed E-state index contributed by atoms with van der Waals surface area (Å²) in [6.07, 6.45) is 5.48. The normalized spacial score (nSPS) is 14.5. The van der Waals surface area contributed by atoms with Crippen molar-refractivity contribution in [2.45, 2.75) is 30.2 Å². The summed E-state index contributed by atoms with van der Waals surface area (Å²) in [7, 11) is 1.65. The maximum Gasteiger partial charge on any atom is 0.289 e. The molecule has 0 aliphatic carbocycles. The molecule has 1 aromatic carbocycles. The highest BCUT2D eigenvalue weighted by molar-refractivity contribution is 7.98. The van der Waals surface area contributed by atoms with Gasteiger partial charge in [-0.3, -0.25) is 9.59 Å². The third-order valence-electron chi connectivity index (χ3n) is 5.76. The summed E-state index contributed by atoms with van der Waals surface area (Å²) in [4.78, 5) is 36.1. The number of thioether (sulfide) groups is 1. The van der Waals surface area contributed by atoms with Crippen LogP contribution in [0.3, 0.4) is 0 Å². The molecule has 0 saturated carbocycles. The van der Waals surface area contributed by atoms with Gasteiger partial charge >= 0.3 is 0 Å². The van der Waals surface area contributed by atoms with E-state index in [1.54, 1.807) is 30.5 Å². The van der Waals surface area contributed by atoms with E-state index in [0.717, 1.165) is 17.4 Å². The van der Waals surface area contributed by atoms with Crippen LogP contribution in [0.1, 0.15) is 35.4 Å². The monoisotopic (exact) mass is 468 g/mol. The minimum absolute atomic E-state index is 0.0573. The average Bonchev–Trinajstić information content (AvgIpc) is 3.24. The van der Waals surface area contributed by atoms with Gasteiger partial charge in [0.05, 0.1) is 0 Å². The summed E-state index contributed by atoms with van der Waals surface area (Å²) < 4.78 is 11.0. The largest absolute Gasteiger partial charge is 0.451 e. The number of para-hydroxylation sites is 1. The summed E-state index contributed by atoms with van der Waals surface area (Å²) in [6, 6.07) is 9.46. The number of benzene rings is 1. The summed E-state index contributed by atoms with van der Waals surface area (Å²) in [5.41, 5.74) is 1.54. The summed E-state index contributed by atoms with van der Waals surface area (Å²) in [5.74, 6) is 0.749. The molecule has 2 amide bonds. The molecule has 1 aliphatic heterocycles. The molecular weight excluding hydrogens is 440 g/mol. The second kappa shape index (κ2) is 11.3. The number of aromatic nitrogens is 2. The maximum atomic E-state index is 13.4. The van der Waals surface area contributed by atoms with Gasteiger partial charge in [0.1, 0.15) is 5.58 Å². The molecule has 0 spiro atoms. The van der Waals surface area contributed by atoms with E-state index in [0.29, 0.717) is 61.3 Å². The number of nitrogens with zero attached hydrogens (tertiary/aromatic N) is 3. The summed E-state index contributed by atoms with van der Waals surface area (Å²) in [6.45, 7) is 2.29. The average molecular weight is 469 g/mol. The highest BCUT2D eigenvalue weighted by Crippen LogP contribution is 2.32. The highest BCUT2D eigenvalue weighted by atomic mass is 32.2. The van der Waals surface area contributed by atoms with Crippen LogP contribution in [0.25, 0.3) is 11.0 Å². The van der Waals surface area contributed by atoms with Crippen molar-refractivity contribution in [3.05, 3.63) is 54.0 Å². The van der Waals surface area contributed by atoms with Gasteiger partial charge < -0.3 is 19.4 Å². The van der Waals surface area contributed by atoms with Gasteiger partial charge in [0.15, 0.2) is 10.9 Å². The van der Waals surface area contributed by atoms with Crippen LogP contribution in [-0.4, -0.2) is 60.0 Å². The Balaban J connectivity index is 1.42. The van der Waals surface area contributed by atoms with Crippen molar-refractivity contribution < 1.29 is 18.7 Å². The third-order valence-corrected chi connectivity index (χ3v) is 6.66. The number of fused-ring (bicyclic) bond motifs is 1. The zero-order valence-corrected chi connectivity index (χ0v) is 19.5. The van der Waals surface area contributed by atoms with Crippen LogP contribution in [0.15, 0.2) is 52.3 Å². The number of likely N-dealkylation sites (tertiary alicyclic amines) is 1. The van der Waals surface area contributed by atoms with Crippen molar-refractivity contribution in [2.75, 3.05) is 33.4 Å². The lowest BCUT2D eigenvalue weighted by molar-refractivity contribution is -0.126. The van der Waals surface area contributed by atoms with Gasteiger partial charge in [0.25, 0.3) is 5.91 Å². The molecule has 1 aliphatic rings. The molecule has 0 bridgehead atoms. The predicted molar refractivity (Wildman–Crippen MR) is 126 cm³/mol. The molecule has 174 valence electrons. The Kier molecular flexibility index (Phi) is 7.96. The number of ether oxygens (including phenoxy) is 1. The standard InChI is InChI=1S/C24H28N4O4S/c1-31-15-5-12-25-22(29)17-8-13-28(14-9-17)23(30)21-19(16-33-24-26-10-4-11-27-24)18-6-2-3-7-20(18)32-21/h2-4,6-7,10-11,17H,5,8-9,12-16H2,1H3,(H,25,29). The van der Waals surface area contributed by atoms with Gasteiger partial charge in [0, 0.05) is 68.4 Å². The van der Waals surface area contributed by atoms with Crippen LogP contribution >= 0.6 is 11.8 Å². The lowest BCUT2D eigenvalue weighted by Gasteiger charge is -2.31. The quantitative estimate of drug-likeness (QED) is 0.291. The minimum atomic E-state index is -0.130. The Morgan fingerprint density at radius 2 is 1.94 bits per heavy atom. The van der Waals surface area contributed by atoms with Crippen molar-refractivity contribution >= 4 is 34.5 Å². The lowest BCUT2D eigenvalue weighted by atomic mass is 9.95. The first kappa shape index (κ1) is 23.3. The van der Waals surface area contributed by atoms with E-state index in [4.69, 9.17) is 9.15 Å². The smallest absolute Gasteiger partial charge is 0.289 e. The number of hydrogen-bond acceptors (Lipinski definition) is 7. The lowest BCUT2D eigenvalue weighted by Crippen LogP contribution is -2.43. The maximum absolute atomic E-state index is 13.4. The molecule has 3 heterocycles. The van der Waals surface area contributed by atoms with Gasteiger partial charge in [0.2, 0.25) is 5.91 Å². The van der Waals surface area contributed by atoms with Crippen LogP contribution < -0.4 is 5.32 Å². The molecule has 2 aromatic heterocycles. The number of furan rings is 1. The van der Waals surface area contributed by atoms with E-state index in [2.05, 4.69) is 15.3 Å². The first-order chi connectivity index (χ1) is 16.2. The summed E-state index contributed by atoms with van der Waals surface area (Å²) in [5, 5.41) is 4.54. The summed E-state index contributed by atoms with van der Waals surface area (Å²) >= 11 is 1.47. The number of piperidine rings is 1. The van der Waals surface area contributed by atoms with E-state index in [1.165, 1.54) is 11.8 Å².